The second kappa shape index (κ2) is 5.94. The number of rotatable bonds is 4. The van der Waals surface area contributed by atoms with Gasteiger partial charge in [0.05, 0.1) is 12.8 Å². The van der Waals surface area contributed by atoms with Crippen LogP contribution < -0.4 is 10.1 Å². The number of benzene rings is 1. The van der Waals surface area contributed by atoms with Gasteiger partial charge in [0.25, 0.3) is 0 Å². The Kier molecular flexibility index (Phi) is 4.29. The van der Waals surface area contributed by atoms with Gasteiger partial charge in [-0.15, -0.1) is 0 Å². The molecule has 1 aromatic rings. The summed E-state index contributed by atoms with van der Waals surface area (Å²) in [5.74, 6) is 0.516. The molecule has 84 valence electrons. The zero-order valence-corrected chi connectivity index (χ0v) is 9.10. The van der Waals surface area contributed by atoms with Crippen molar-refractivity contribution in [1.29, 1.82) is 10.5 Å². The number of carbonyl (C=O) groups excluding carboxylic acids is 1. The lowest BCUT2D eigenvalue weighted by Crippen LogP contribution is -1.95. The van der Waals surface area contributed by atoms with E-state index in [0.717, 1.165) is 0 Å². The van der Waals surface area contributed by atoms with Crippen molar-refractivity contribution in [3.8, 4) is 17.9 Å². The number of aldehydes is 1. The minimum absolute atomic E-state index is 0.0661. The predicted octanol–water partition coefficient (Wildman–Crippen LogP) is 1.85. The van der Waals surface area contributed by atoms with Crippen LogP contribution in [0, 0.1) is 22.7 Å². The number of nitrogens with zero attached hydrogens (tertiary/aromatic N) is 2. The van der Waals surface area contributed by atoms with E-state index in [4.69, 9.17) is 15.3 Å². The van der Waals surface area contributed by atoms with Crippen LogP contribution in [-0.4, -0.2) is 13.4 Å². The van der Waals surface area contributed by atoms with Crippen LogP contribution in [0.4, 0.5) is 5.69 Å². The molecule has 0 aromatic heterocycles. The first kappa shape index (κ1) is 12.3. The van der Waals surface area contributed by atoms with Crippen molar-refractivity contribution in [2.45, 2.75) is 0 Å². The number of hydrogen-bond donors (Lipinski definition) is 1. The van der Waals surface area contributed by atoms with Crippen LogP contribution in [0.15, 0.2) is 30.0 Å². The molecule has 5 nitrogen and oxygen atoms in total. The molecule has 0 aliphatic carbocycles. The molecule has 0 unspecified atom stereocenters. The average molecular weight is 227 g/mol. The molecule has 0 aliphatic heterocycles. The smallest absolute Gasteiger partial charge is 0.150 e. The summed E-state index contributed by atoms with van der Waals surface area (Å²) in [6.45, 7) is 0. The topological polar surface area (TPSA) is 85.9 Å². The predicted molar refractivity (Wildman–Crippen MR) is 61.3 cm³/mol. The van der Waals surface area contributed by atoms with Gasteiger partial charge >= 0.3 is 0 Å². The maximum atomic E-state index is 10.6. The van der Waals surface area contributed by atoms with E-state index >= 15 is 0 Å². The molecule has 0 radical (unpaired) electrons. The van der Waals surface area contributed by atoms with Crippen LogP contribution in [0.1, 0.15) is 10.4 Å². The molecule has 0 saturated carbocycles. The second-order valence-corrected chi connectivity index (χ2v) is 3.00. The van der Waals surface area contributed by atoms with Gasteiger partial charge < -0.3 is 10.1 Å². The van der Waals surface area contributed by atoms with E-state index in [2.05, 4.69) is 5.32 Å². The summed E-state index contributed by atoms with van der Waals surface area (Å²) in [5, 5.41) is 19.9. The summed E-state index contributed by atoms with van der Waals surface area (Å²) >= 11 is 0. The average Bonchev–Trinajstić information content (AvgIpc) is 2.39. The van der Waals surface area contributed by atoms with E-state index in [0.29, 0.717) is 23.3 Å². The Morgan fingerprint density at radius 3 is 2.65 bits per heavy atom. The van der Waals surface area contributed by atoms with Crippen LogP contribution in [-0.2, 0) is 0 Å². The summed E-state index contributed by atoms with van der Waals surface area (Å²) in [6, 6.07) is 8.23. The lowest BCUT2D eigenvalue weighted by molar-refractivity contribution is 0.112. The second-order valence-electron chi connectivity index (χ2n) is 3.00. The summed E-state index contributed by atoms with van der Waals surface area (Å²) in [7, 11) is 1.49. The molecule has 0 fully saturated rings. The maximum absolute atomic E-state index is 10.6. The fraction of sp³-hybridized carbons (Fsp3) is 0.0833. The van der Waals surface area contributed by atoms with Crippen LogP contribution in [0.5, 0.6) is 5.75 Å². The van der Waals surface area contributed by atoms with Gasteiger partial charge in [0.1, 0.15) is 29.7 Å². The quantitative estimate of drug-likeness (QED) is 0.626. The minimum Gasteiger partial charge on any atom is -0.495 e. The lowest BCUT2D eigenvalue weighted by Gasteiger charge is -2.08. The highest BCUT2D eigenvalue weighted by Crippen LogP contribution is 2.25. The normalized spacial score (nSPS) is 8.41. The van der Waals surface area contributed by atoms with Crippen LogP contribution in [0.25, 0.3) is 0 Å². The van der Waals surface area contributed by atoms with Crippen molar-refractivity contribution in [2.24, 2.45) is 0 Å². The molecule has 0 spiro atoms. The Bertz CT molecular complexity index is 520. The number of nitriles is 2. The van der Waals surface area contributed by atoms with Crippen molar-refractivity contribution in [3.63, 3.8) is 0 Å². The largest absolute Gasteiger partial charge is 0.495 e. The summed E-state index contributed by atoms with van der Waals surface area (Å²) in [5.41, 5.74) is 0.917. The van der Waals surface area contributed by atoms with E-state index in [1.807, 2.05) is 0 Å². The molecule has 0 heterocycles. The number of methoxy groups -OCH3 is 1. The van der Waals surface area contributed by atoms with E-state index < -0.39 is 0 Å². The van der Waals surface area contributed by atoms with Gasteiger partial charge in [-0.25, -0.2) is 0 Å². The van der Waals surface area contributed by atoms with Crippen LogP contribution in [0.2, 0.25) is 0 Å². The third-order valence-electron chi connectivity index (χ3n) is 1.97. The van der Waals surface area contributed by atoms with Crippen molar-refractivity contribution >= 4 is 12.0 Å². The first-order valence-corrected chi connectivity index (χ1v) is 4.65. The Balaban J connectivity index is 3.05. The van der Waals surface area contributed by atoms with Crippen LogP contribution >= 0.6 is 0 Å². The monoisotopic (exact) mass is 227 g/mol. The number of nitrogens with one attached hydrogen (secondary N) is 1. The number of ether oxygens (including phenoxy) is 1. The molecule has 0 aliphatic rings. The molecule has 0 amide bonds. The fourth-order valence-corrected chi connectivity index (χ4v) is 1.15. The Morgan fingerprint density at radius 1 is 1.41 bits per heavy atom. The summed E-state index contributed by atoms with van der Waals surface area (Å²) < 4.78 is 5.07. The number of carbonyl (C=O) groups is 1. The minimum atomic E-state index is -0.0661. The molecule has 17 heavy (non-hydrogen) atoms. The SMILES string of the molecule is COc1ccc(C=O)cc1NC=C(C#N)C#N. The van der Waals surface area contributed by atoms with Gasteiger partial charge in [0.15, 0.2) is 0 Å². The number of allylic oxidation sites excluding steroid dienone is 1. The Hall–Kier alpha value is -2.79. The first-order valence-electron chi connectivity index (χ1n) is 4.65. The highest BCUT2D eigenvalue weighted by atomic mass is 16.5. The van der Waals surface area contributed by atoms with Crippen molar-refractivity contribution in [2.75, 3.05) is 12.4 Å². The zero-order valence-electron chi connectivity index (χ0n) is 9.10. The number of anilines is 1. The number of hydrogen-bond acceptors (Lipinski definition) is 5. The zero-order chi connectivity index (χ0) is 12.7. The standard InChI is InChI=1S/C12H9N3O2/c1-17-12-3-2-9(8-16)4-11(12)15-7-10(5-13)6-14/h2-4,7-8,15H,1H3. The molecule has 5 heteroatoms. The van der Waals surface area contributed by atoms with E-state index in [-0.39, 0.29) is 5.57 Å². The van der Waals surface area contributed by atoms with Crippen molar-refractivity contribution in [3.05, 3.63) is 35.5 Å². The van der Waals surface area contributed by atoms with Gasteiger partial charge in [0.2, 0.25) is 0 Å². The molecule has 0 bridgehead atoms. The maximum Gasteiger partial charge on any atom is 0.150 e. The van der Waals surface area contributed by atoms with Crippen molar-refractivity contribution in [1.82, 2.24) is 0 Å². The molecule has 0 saturated heterocycles. The van der Waals surface area contributed by atoms with Gasteiger partial charge in [-0.05, 0) is 18.2 Å². The van der Waals surface area contributed by atoms with E-state index in [1.54, 1.807) is 30.3 Å². The Morgan fingerprint density at radius 2 is 2.12 bits per heavy atom. The van der Waals surface area contributed by atoms with Crippen molar-refractivity contribution < 1.29 is 9.53 Å². The van der Waals surface area contributed by atoms with Gasteiger partial charge in [-0.3, -0.25) is 4.79 Å². The highest BCUT2D eigenvalue weighted by Gasteiger charge is 2.03. The molecule has 1 aromatic carbocycles. The molecule has 1 rings (SSSR count). The van der Waals surface area contributed by atoms with Crippen LogP contribution in [0.3, 0.4) is 0 Å². The third-order valence-corrected chi connectivity index (χ3v) is 1.97. The van der Waals surface area contributed by atoms with E-state index in [1.165, 1.54) is 13.3 Å². The third kappa shape index (κ3) is 3.08. The van der Waals surface area contributed by atoms with E-state index in [9.17, 15) is 4.79 Å². The molecular weight excluding hydrogens is 218 g/mol. The fourth-order valence-electron chi connectivity index (χ4n) is 1.15. The Labute approximate surface area is 98.5 Å². The highest BCUT2D eigenvalue weighted by molar-refractivity contribution is 5.79. The molecule has 1 N–H and O–H groups in total. The summed E-state index contributed by atoms with van der Waals surface area (Å²) in [6.07, 6.45) is 1.95. The first-order chi connectivity index (χ1) is 8.24. The van der Waals surface area contributed by atoms with Gasteiger partial charge in [-0.2, -0.15) is 10.5 Å². The lowest BCUT2D eigenvalue weighted by atomic mass is 10.2. The molecular formula is C12H9N3O2. The molecule has 0 atom stereocenters. The van der Waals surface area contributed by atoms with Gasteiger partial charge in [0, 0.05) is 11.8 Å². The summed E-state index contributed by atoms with van der Waals surface area (Å²) in [4.78, 5) is 10.6. The van der Waals surface area contributed by atoms with Gasteiger partial charge in [-0.1, -0.05) is 0 Å².